The minimum absolute atomic E-state index is 0.510. The monoisotopic (exact) mass is 285 g/mol. The molecule has 1 aliphatic rings. The molecule has 0 atom stereocenters. The van der Waals surface area contributed by atoms with Crippen LogP contribution in [0.2, 0.25) is 10.0 Å². The van der Waals surface area contributed by atoms with Crippen molar-refractivity contribution in [3.8, 4) is 0 Å². The third-order valence-electron chi connectivity index (χ3n) is 2.42. The van der Waals surface area contributed by atoms with Crippen molar-refractivity contribution in [2.24, 2.45) is 9.98 Å². The number of halogens is 2. The molecule has 7 heteroatoms. The van der Waals surface area contributed by atoms with E-state index in [2.05, 4.69) is 20.8 Å². The van der Waals surface area contributed by atoms with Gasteiger partial charge < -0.3 is 4.90 Å². The molecule has 1 heterocycles. The minimum Gasteiger partial charge on any atom is -0.339 e. The molecule has 2 N–H and O–H groups in total. The molecule has 0 unspecified atom stereocenters. The Morgan fingerprint density at radius 2 is 2.06 bits per heavy atom. The average Bonchev–Trinajstić information content (AvgIpc) is 2.35. The van der Waals surface area contributed by atoms with Gasteiger partial charge in [-0.05, 0) is 18.2 Å². The summed E-state index contributed by atoms with van der Waals surface area (Å²) >= 11 is 11.9. The molecule has 0 amide bonds. The van der Waals surface area contributed by atoms with Gasteiger partial charge in [-0.25, -0.2) is 10.4 Å². The summed E-state index contributed by atoms with van der Waals surface area (Å²) in [5.74, 6) is 1.33. The number of amidine groups is 1. The van der Waals surface area contributed by atoms with Gasteiger partial charge in [-0.3, -0.25) is 5.43 Å². The first-order valence-electron chi connectivity index (χ1n) is 5.34. The van der Waals surface area contributed by atoms with Gasteiger partial charge in [0.05, 0.1) is 10.0 Å². The largest absolute Gasteiger partial charge is 0.339 e. The van der Waals surface area contributed by atoms with E-state index in [1.165, 1.54) is 0 Å². The van der Waals surface area contributed by atoms with Gasteiger partial charge in [0.2, 0.25) is 5.96 Å². The maximum Gasteiger partial charge on any atom is 0.236 e. The topological polar surface area (TPSA) is 52.0 Å². The molecule has 18 heavy (non-hydrogen) atoms. The first-order valence-corrected chi connectivity index (χ1v) is 6.10. The molecule has 1 aromatic carbocycles. The minimum atomic E-state index is 0.510. The molecule has 1 aliphatic heterocycles. The van der Waals surface area contributed by atoms with Gasteiger partial charge in [-0.2, -0.15) is 4.99 Å². The number of nitrogens with one attached hydrogen (secondary N) is 2. The Balaban J connectivity index is 2.35. The van der Waals surface area contributed by atoms with Gasteiger partial charge >= 0.3 is 0 Å². The lowest BCUT2D eigenvalue weighted by Gasteiger charge is -2.24. The van der Waals surface area contributed by atoms with Gasteiger partial charge in [0.15, 0.2) is 0 Å². The number of rotatable bonds is 2. The fourth-order valence-corrected chi connectivity index (χ4v) is 1.86. The third kappa shape index (κ3) is 2.75. The molecule has 0 saturated carbocycles. The van der Waals surface area contributed by atoms with Gasteiger partial charge in [0.1, 0.15) is 12.5 Å². The van der Waals surface area contributed by atoms with Crippen molar-refractivity contribution in [3.63, 3.8) is 0 Å². The van der Waals surface area contributed by atoms with Crippen molar-refractivity contribution in [1.29, 1.82) is 0 Å². The molecule has 0 aromatic heterocycles. The molecule has 96 valence electrons. The van der Waals surface area contributed by atoms with Crippen molar-refractivity contribution in [3.05, 3.63) is 33.8 Å². The highest BCUT2D eigenvalue weighted by Gasteiger charge is 2.16. The molecule has 2 rings (SSSR count). The Bertz CT molecular complexity index is 512. The summed E-state index contributed by atoms with van der Waals surface area (Å²) in [7, 11) is 3.68. The average molecular weight is 286 g/mol. The van der Waals surface area contributed by atoms with E-state index in [0.29, 0.717) is 22.7 Å². The van der Waals surface area contributed by atoms with E-state index in [1.807, 2.05) is 18.0 Å². The van der Waals surface area contributed by atoms with Crippen LogP contribution < -0.4 is 10.9 Å². The summed E-state index contributed by atoms with van der Waals surface area (Å²) in [6.07, 6.45) is 0. The van der Waals surface area contributed by atoms with E-state index in [0.717, 1.165) is 11.4 Å². The summed E-state index contributed by atoms with van der Waals surface area (Å²) in [5.41, 5.74) is 6.55. The highest BCUT2D eigenvalue weighted by atomic mass is 35.5. The fourth-order valence-electron chi connectivity index (χ4n) is 1.56. The van der Waals surface area contributed by atoms with Crippen LogP contribution in [0.25, 0.3) is 0 Å². The molecule has 1 aromatic rings. The summed E-state index contributed by atoms with van der Waals surface area (Å²) in [6, 6.07) is 5.43. The van der Waals surface area contributed by atoms with Crippen molar-refractivity contribution in [1.82, 2.24) is 15.8 Å². The lowest BCUT2D eigenvalue weighted by Crippen LogP contribution is -2.40. The second kappa shape index (κ2) is 5.56. The third-order valence-corrected chi connectivity index (χ3v) is 3.16. The van der Waals surface area contributed by atoms with Crippen LogP contribution in [0.15, 0.2) is 28.2 Å². The molecular formula is C11H13Cl2N5. The van der Waals surface area contributed by atoms with Crippen LogP contribution in [0.4, 0.5) is 0 Å². The smallest absolute Gasteiger partial charge is 0.236 e. The maximum atomic E-state index is 6.01. The zero-order chi connectivity index (χ0) is 13.1. The van der Waals surface area contributed by atoms with E-state index < -0.39 is 0 Å². The Kier molecular flexibility index (Phi) is 4.06. The van der Waals surface area contributed by atoms with Gasteiger partial charge in [-0.15, -0.1) is 0 Å². The summed E-state index contributed by atoms with van der Waals surface area (Å²) in [6.45, 7) is 0.531. The van der Waals surface area contributed by atoms with E-state index in [-0.39, 0.29) is 0 Å². The zero-order valence-corrected chi connectivity index (χ0v) is 11.5. The molecule has 0 fully saturated rings. The number of benzene rings is 1. The van der Waals surface area contributed by atoms with Crippen LogP contribution in [0.3, 0.4) is 0 Å². The highest BCUT2D eigenvalue weighted by Crippen LogP contribution is 2.23. The van der Waals surface area contributed by atoms with Crippen LogP contribution in [0.5, 0.6) is 0 Å². The fraction of sp³-hybridized carbons (Fsp3) is 0.273. The molecule has 0 spiro atoms. The van der Waals surface area contributed by atoms with Gasteiger partial charge in [0.25, 0.3) is 0 Å². The van der Waals surface area contributed by atoms with Gasteiger partial charge in [-0.1, -0.05) is 23.2 Å². The molecule has 0 radical (unpaired) electrons. The Morgan fingerprint density at radius 1 is 1.28 bits per heavy atom. The van der Waals surface area contributed by atoms with Gasteiger partial charge in [0, 0.05) is 19.7 Å². The lowest BCUT2D eigenvalue weighted by atomic mass is 10.2. The molecule has 0 bridgehead atoms. The maximum absolute atomic E-state index is 6.01. The summed E-state index contributed by atoms with van der Waals surface area (Å²) in [4.78, 5) is 10.6. The number of nitrogens with zero attached hydrogens (tertiary/aromatic N) is 3. The van der Waals surface area contributed by atoms with E-state index in [1.54, 1.807) is 19.2 Å². The van der Waals surface area contributed by atoms with Crippen LogP contribution in [0.1, 0.15) is 5.56 Å². The first kappa shape index (κ1) is 13.1. The molecule has 5 nitrogen and oxygen atoms in total. The quantitative estimate of drug-likeness (QED) is 0.814. The van der Waals surface area contributed by atoms with E-state index in [4.69, 9.17) is 23.2 Å². The molecule has 0 aliphatic carbocycles. The van der Waals surface area contributed by atoms with Crippen molar-refractivity contribution < 1.29 is 0 Å². The number of hydrogen-bond donors (Lipinski definition) is 2. The second-order valence-electron chi connectivity index (χ2n) is 3.76. The Hall–Kier alpha value is -1.30. The highest BCUT2D eigenvalue weighted by molar-refractivity contribution is 6.42. The second-order valence-corrected chi connectivity index (χ2v) is 4.57. The zero-order valence-electron chi connectivity index (χ0n) is 10.0. The Labute approximate surface area is 115 Å². The number of hydrazine groups is 1. The van der Waals surface area contributed by atoms with Crippen LogP contribution in [-0.4, -0.2) is 37.5 Å². The van der Waals surface area contributed by atoms with Crippen molar-refractivity contribution >= 4 is 35.0 Å². The molecule has 0 saturated heterocycles. The predicted molar refractivity (Wildman–Crippen MR) is 75.3 cm³/mol. The van der Waals surface area contributed by atoms with E-state index in [9.17, 15) is 0 Å². The normalized spacial score (nSPS) is 15.2. The standard InChI is InChI=1S/C11H13Cl2N5/c1-14-17-11-15-6-18(2)10(16-11)7-3-4-8(12)9(13)5-7/h3-5,14H,6H2,1-2H3,(H,15,17). The van der Waals surface area contributed by atoms with Crippen LogP contribution in [-0.2, 0) is 0 Å². The summed E-state index contributed by atoms with van der Waals surface area (Å²) < 4.78 is 0. The Morgan fingerprint density at radius 3 is 2.72 bits per heavy atom. The lowest BCUT2D eigenvalue weighted by molar-refractivity contribution is 0.512. The van der Waals surface area contributed by atoms with Crippen molar-refractivity contribution in [2.75, 3.05) is 20.8 Å². The summed E-state index contributed by atoms with van der Waals surface area (Å²) in [5, 5.41) is 1.04. The first-order chi connectivity index (χ1) is 8.61. The van der Waals surface area contributed by atoms with E-state index >= 15 is 0 Å². The number of hydrogen-bond acceptors (Lipinski definition) is 5. The van der Waals surface area contributed by atoms with Crippen LogP contribution in [0, 0.1) is 0 Å². The van der Waals surface area contributed by atoms with Crippen molar-refractivity contribution in [2.45, 2.75) is 0 Å². The molecular weight excluding hydrogens is 273 g/mol. The SMILES string of the molecule is CNNC1=NCN(C)C(c2ccc(Cl)c(Cl)c2)=N1. The van der Waals surface area contributed by atoms with Crippen LogP contribution >= 0.6 is 23.2 Å². The predicted octanol–water partition coefficient (Wildman–Crippen LogP) is 1.72. The number of guanidine groups is 1. The number of aliphatic imine (C=N–C) groups is 2.